The van der Waals surface area contributed by atoms with Gasteiger partial charge < -0.3 is 10.4 Å². The van der Waals surface area contributed by atoms with Crippen molar-refractivity contribution in [1.82, 2.24) is 20.2 Å². The number of hydrogen-bond donors (Lipinski definition) is 2. The highest BCUT2D eigenvalue weighted by Crippen LogP contribution is 2.53. The summed E-state index contributed by atoms with van der Waals surface area (Å²) >= 11 is 0. The third-order valence-electron chi connectivity index (χ3n) is 6.16. The fourth-order valence-electron chi connectivity index (χ4n) is 5.30. The first-order valence-electron chi connectivity index (χ1n) is 9.32. The summed E-state index contributed by atoms with van der Waals surface area (Å²) in [6.45, 7) is 13.3. The number of aromatic nitrogens is 2. The summed E-state index contributed by atoms with van der Waals surface area (Å²) in [6.07, 6.45) is 5.19. The Bertz CT molecular complexity index is 578. The minimum atomic E-state index is -0.266. The molecular formula is C19H32N4O. The Hall–Kier alpha value is -1.04. The smallest absolute Gasteiger partial charge is 0.115 e. The number of nitrogens with one attached hydrogen (secondary N) is 1. The lowest BCUT2D eigenvalue weighted by atomic mass is 9.65. The molecule has 3 rings (SSSR count). The van der Waals surface area contributed by atoms with Crippen LogP contribution in [0.5, 0.6) is 0 Å². The predicted molar refractivity (Wildman–Crippen MR) is 95.7 cm³/mol. The Kier molecular flexibility index (Phi) is 4.96. The molecule has 134 valence electrons. The predicted octanol–water partition coefficient (Wildman–Crippen LogP) is 2.31. The maximum atomic E-state index is 10.7. The van der Waals surface area contributed by atoms with Gasteiger partial charge in [-0.15, -0.1) is 0 Å². The van der Waals surface area contributed by atoms with Crippen LogP contribution in [0.1, 0.15) is 57.8 Å². The van der Waals surface area contributed by atoms with Gasteiger partial charge in [0.25, 0.3) is 0 Å². The average molecular weight is 332 g/mol. The molecule has 0 bridgehead atoms. The first-order valence-corrected chi connectivity index (χ1v) is 9.32. The lowest BCUT2D eigenvalue weighted by Gasteiger charge is -2.58. The average Bonchev–Trinajstić information content (AvgIpc) is 2.83. The van der Waals surface area contributed by atoms with Crippen LogP contribution >= 0.6 is 0 Å². The summed E-state index contributed by atoms with van der Waals surface area (Å²) in [6, 6.07) is 0.904. The second-order valence-corrected chi connectivity index (χ2v) is 8.15. The molecule has 1 aromatic rings. The van der Waals surface area contributed by atoms with Gasteiger partial charge in [-0.3, -0.25) is 4.90 Å². The monoisotopic (exact) mass is 332 g/mol. The number of nitrogens with zero attached hydrogens (tertiary/aromatic N) is 3. The van der Waals surface area contributed by atoms with Gasteiger partial charge in [-0.1, -0.05) is 20.8 Å². The van der Waals surface area contributed by atoms with E-state index in [4.69, 9.17) is 0 Å². The van der Waals surface area contributed by atoms with E-state index in [1.165, 1.54) is 0 Å². The van der Waals surface area contributed by atoms with Gasteiger partial charge in [0.15, 0.2) is 0 Å². The zero-order chi connectivity index (χ0) is 17.5. The zero-order valence-corrected chi connectivity index (χ0v) is 15.7. The second kappa shape index (κ2) is 6.70. The molecule has 2 N–H and O–H groups in total. The molecule has 1 aliphatic carbocycles. The molecule has 1 aliphatic heterocycles. The van der Waals surface area contributed by atoms with Crippen molar-refractivity contribution < 1.29 is 5.11 Å². The van der Waals surface area contributed by atoms with Crippen molar-refractivity contribution >= 4 is 0 Å². The third kappa shape index (κ3) is 2.98. The molecule has 0 radical (unpaired) electrons. The van der Waals surface area contributed by atoms with Gasteiger partial charge in [0.05, 0.1) is 6.10 Å². The summed E-state index contributed by atoms with van der Waals surface area (Å²) in [5, 5.41) is 14.4. The Balaban J connectivity index is 1.70. The number of likely N-dealkylation sites (tertiary alicyclic amines) is 1. The second-order valence-electron chi connectivity index (χ2n) is 8.15. The number of hydrogen-bond acceptors (Lipinski definition) is 5. The summed E-state index contributed by atoms with van der Waals surface area (Å²) < 4.78 is 0. The SMILES string of the molecule is CCN1CC2(C[C@@H](O)[C@H](NC(C)c3cncnc3C)C2)C1C(C)C. The molecule has 5 heteroatoms. The molecule has 5 atom stereocenters. The van der Waals surface area contributed by atoms with E-state index in [1.54, 1.807) is 6.33 Å². The molecule has 1 saturated carbocycles. The van der Waals surface area contributed by atoms with Crippen molar-refractivity contribution in [2.24, 2.45) is 11.3 Å². The molecule has 2 aliphatic rings. The molecule has 3 unspecified atom stereocenters. The van der Waals surface area contributed by atoms with E-state index in [2.05, 4.69) is 47.9 Å². The van der Waals surface area contributed by atoms with Crippen molar-refractivity contribution in [1.29, 1.82) is 0 Å². The van der Waals surface area contributed by atoms with Crippen molar-refractivity contribution in [2.45, 2.75) is 71.7 Å². The summed E-state index contributed by atoms with van der Waals surface area (Å²) in [5.41, 5.74) is 2.41. The molecule has 24 heavy (non-hydrogen) atoms. The highest BCUT2D eigenvalue weighted by atomic mass is 16.3. The van der Waals surface area contributed by atoms with Gasteiger partial charge in [0.1, 0.15) is 6.33 Å². The van der Waals surface area contributed by atoms with E-state index in [0.717, 1.165) is 37.2 Å². The minimum Gasteiger partial charge on any atom is -0.391 e. The minimum absolute atomic E-state index is 0.153. The number of aliphatic hydroxyl groups excluding tert-OH is 1. The Morgan fingerprint density at radius 2 is 2.12 bits per heavy atom. The van der Waals surface area contributed by atoms with E-state index in [-0.39, 0.29) is 23.6 Å². The van der Waals surface area contributed by atoms with Gasteiger partial charge in [-0.25, -0.2) is 9.97 Å². The fraction of sp³-hybridized carbons (Fsp3) is 0.789. The summed E-state index contributed by atoms with van der Waals surface area (Å²) in [7, 11) is 0. The normalized spacial score (nSPS) is 34.7. The van der Waals surface area contributed by atoms with Gasteiger partial charge in [0.2, 0.25) is 0 Å². The molecule has 1 spiro atoms. The lowest BCUT2D eigenvalue weighted by molar-refractivity contribution is -0.0964. The Morgan fingerprint density at radius 1 is 1.38 bits per heavy atom. The third-order valence-corrected chi connectivity index (χ3v) is 6.16. The molecule has 2 heterocycles. The Morgan fingerprint density at radius 3 is 2.75 bits per heavy atom. The van der Waals surface area contributed by atoms with Crippen LogP contribution in [0.15, 0.2) is 12.5 Å². The van der Waals surface area contributed by atoms with E-state index in [0.29, 0.717) is 12.0 Å². The quantitative estimate of drug-likeness (QED) is 0.866. The molecule has 0 aromatic carbocycles. The topological polar surface area (TPSA) is 61.3 Å². The van der Waals surface area contributed by atoms with Gasteiger partial charge in [0, 0.05) is 47.5 Å². The van der Waals surface area contributed by atoms with E-state index >= 15 is 0 Å². The first kappa shape index (κ1) is 17.8. The van der Waals surface area contributed by atoms with Crippen molar-refractivity contribution in [3.05, 3.63) is 23.8 Å². The van der Waals surface area contributed by atoms with Gasteiger partial charge >= 0.3 is 0 Å². The van der Waals surface area contributed by atoms with Gasteiger partial charge in [-0.05, 0) is 39.2 Å². The highest BCUT2D eigenvalue weighted by molar-refractivity contribution is 5.19. The number of aliphatic hydroxyl groups is 1. The van der Waals surface area contributed by atoms with Crippen LogP contribution < -0.4 is 5.32 Å². The first-order chi connectivity index (χ1) is 11.4. The molecule has 5 nitrogen and oxygen atoms in total. The maximum Gasteiger partial charge on any atom is 0.115 e. The van der Waals surface area contributed by atoms with Crippen LogP contribution in [0.2, 0.25) is 0 Å². The van der Waals surface area contributed by atoms with Crippen LogP contribution in [0.3, 0.4) is 0 Å². The Labute approximate surface area is 145 Å². The van der Waals surface area contributed by atoms with E-state index < -0.39 is 0 Å². The largest absolute Gasteiger partial charge is 0.391 e. The molecule has 1 saturated heterocycles. The van der Waals surface area contributed by atoms with E-state index in [1.807, 2.05) is 13.1 Å². The number of rotatable bonds is 5. The molecule has 1 aromatic heterocycles. The van der Waals surface area contributed by atoms with Gasteiger partial charge in [-0.2, -0.15) is 0 Å². The summed E-state index contributed by atoms with van der Waals surface area (Å²) in [5.74, 6) is 0.631. The van der Waals surface area contributed by atoms with E-state index in [9.17, 15) is 5.11 Å². The van der Waals surface area contributed by atoms with Crippen LogP contribution in [-0.2, 0) is 0 Å². The van der Waals surface area contributed by atoms with Crippen molar-refractivity contribution in [3.8, 4) is 0 Å². The standard InChI is InChI=1S/C19H32N4O/c1-6-23-10-19(18(23)12(2)3)7-16(17(24)8-19)22-14(5)15-9-20-11-21-13(15)4/h9,11-12,14,16-18,22,24H,6-8,10H2,1-5H3/t14?,16-,17-,18?,19?/m1/s1. The molecule has 2 fully saturated rings. The number of aryl methyl sites for hydroxylation is 1. The van der Waals surface area contributed by atoms with Crippen LogP contribution in [0.4, 0.5) is 0 Å². The zero-order valence-electron chi connectivity index (χ0n) is 15.7. The van der Waals surface area contributed by atoms with Crippen LogP contribution in [-0.4, -0.2) is 51.3 Å². The molecular weight excluding hydrogens is 300 g/mol. The maximum absolute atomic E-state index is 10.7. The lowest BCUT2D eigenvalue weighted by Crippen LogP contribution is -2.65. The fourth-order valence-corrected chi connectivity index (χ4v) is 5.30. The van der Waals surface area contributed by atoms with Crippen LogP contribution in [0.25, 0.3) is 0 Å². The summed E-state index contributed by atoms with van der Waals surface area (Å²) in [4.78, 5) is 11.0. The van der Waals surface area contributed by atoms with Crippen molar-refractivity contribution in [2.75, 3.05) is 13.1 Å². The van der Waals surface area contributed by atoms with Crippen molar-refractivity contribution in [3.63, 3.8) is 0 Å². The highest BCUT2D eigenvalue weighted by Gasteiger charge is 2.58. The van der Waals surface area contributed by atoms with Crippen LogP contribution in [0, 0.1) is 18.3 Å². The molecule has 0 amide bonds.